The zero-order valence-electron chi connectivity index (χ0n) is 18.2. The maximum atomic E-state index is 12.9. The molecule has 4 N–H and O–H groups in total. The third kappa shape index (κ3) is 4.91. The second kappa shape index (κ2) is 8.88. The van der Waals surface area contributed by atoms with Gasteiger partial charge in [-0.3, -0.25) is 4.79 Å². The number of aliphatic hydroxyl groups excluding tert-OH is 1. The van der Waals surface area contributed by atoms with E-state index in [1.807, 2.05) is 33.2 Å². The van der Waals surface area contributed by atoms with E-state index in [0.717, 1.165) is 22.5 Å². The van der Waals surface area contributed by atoms with Gasteiger partial charge in [0.25, 0.3) is 0 Å². The lowest BCUT2D eigenvalue weighted by Gasteiger charge is -2.33. The lowest BCUT2D eigenvalue weighted by Crippen LogP contribution is -2.52. The minimum Gasteiger partial charge on any atom is -0.391 e. The van der Waals surface area contributed by atoms with Crippen LogP contribution in [0.3, 0.4) is 0 Å². The van der Waals surface area contributed by atoms with Crippen molar-refractivity contribution in [3.8, 4) is 10.4 Å². The summed E-state index contributed by atoms with van der Waals surface area (Å²) in [5.41, 5.74) is 11.7. The van der Waals surface area contributed by atoms with E-state index in [-0.39, 0.29) is 23.9 Å². The largest absolute Gasteiger partial charge is 0.391 e. The number of hydrogen-bond acceptors (Lipinski definition) is 6. The van der Waals surface area contributed by atoms with Crippen molar-refractivity contribution in [1.29, 1.82) is 0 Å². The van der Waals surface area contributed by atoms with E-state index in [0.29, 0.717) is 13.0 Å². The lowest BCUT2D eigenvalue weighted by atomic mass is 9.86. The molecule has 3 rings (SSSR count). The first-order chi connectivity index (χ1) is 14.1. The third-order valence-electron chi connectivity index (χ3n) is 5.64. The van der Waals surface area contributed by atoms with Crippen molar-refractivity contribution in [2.75, 3.05) is 6.54 Å². The van der Waals surface area contributed by atoms with Gasteiger partial charge in [0.15, 0.2) is 0 Å². The van der Waals surface area contributed by atoms with Crippen LogP contribution in [-0.4, -0.2) is 45.6 Å². The van der Waals surface area contributed by atoms with E-state index in [1.165, 1.54) is 4.88 Å². The molecule has 1 aliphatic heterocycles. The van der Waals surface area contributed by atoms with Gasteiger partial charge in [0, 0.05) is 25.2 Å². The fourth-order valence-corrected chi connectivity index (χ4v) is 4.43. The Morgan fingerprint density at radius 3 is 2.63 bits per heavy atom. The number of carbonyl (C=O) groups excluding carboxylic acids is 1. The first-order valence-electron chi connectivity index (χ1n) is 10.2. The van der Waals surface area contributed by atoms with Gasteiger partial charge in [0.1, 0.15) is 0 Å². The van der Waals surface area contributed by atoms with Crippen LogP contribution in [0.4, 0.5) is 0 Å². The normalized spacial score (nSPS) is 20.3. The Balaban J connectivity index is 1.63. The summed E-state index contributed by atoms with van der Waals surface area (Å²) in [7, 11) is 0. The van der Waals surface area contributed by atoms with Crippen molar-refractivity contribution < 1.29 is 9.90 Å². The van der Waals surface area contributed by atoms with E-state index >= 15 is 0 Å². The molecule has 0 spiro atoms. The number of nitrogens with one attached hydrogen (secondary N) is 1. The van der Waals surface area contributed by atoms with Crippen LogP contribution in [0.5, 0.6) is 0 Å². The number of nitrogens with zero attached hydrogens (tertiary/aromatic N) is 2. The number of thiazole rings is 1. The van der Waals surface area contributed by atoms with E-state index in [9.17, 15) is 9.90 Å². The highest BCUT2D eigenvalue weighted by Crippen LogP contribution is 2.28. The number of rotatable bonds is 6. The number of nitrogens with two attached hydrogens (primary N) is 1. The molecule has 6 nitrogen and oxygen atoms in total. The number of amides is 1. The van der Waals surface area contributed by atoms with E-state index in [2.05, 4.69) is 41.1 Å². The number of aromatic nitrogens is 1. The molecule has 7 heteroatoms. The molecule has 1 fully saturated rings. The fourth-order valence-electron chi connectivity index (χ4n) is 3.62. The number of likely N-dealkylation sites (tertiary alicyclic amines) is 1. The van der Waals surface area contributed by atoms with Gasteiger partial charge in [-0.05, 0) is 23.5 Å². The molecule has 1 aromatic carbocycles. The summed E-state index contributed by atoms with van der Waals surface area (Å²) in [6.45, 7) is 12.9. The average molecular weight is 429 g/mol. The topological polar surface area (TPSA) is 91.5 Å². The Morgan fingerprint density at radius 1 is 1.40 bits per heavy atom. The van der Waals surface area contributed by atoms with Crippen molar-refractivity contribution >= 4 is 17.2 Å². The first-order valence-corrected chi connectivity index (χ1v) is 11.1. The quantitative estimate of drug-likeness (QED) is 0.658. The van der Waals surface area contributed by atoms with Crippen LogP contribution in [-0.2, 0) is 11.3 Å². The fraction of sp³-hybridized carbons (Fsp3) is 0.478. The van der Waals surface area contributed by atoms with Crippen LogP contribution in [0.1, 0.15) is 38.4 Å². The van der Waals surface area contributed by atoms with Crippen LogP contribution < -0.4 is 11.1 Å². The van der Waals surface area contributed by atoms with Gasteiger partial charge in [0.2, 0.25) is 5.91 Å². The lowest BCUT2D eigenvalue weighted by molar-refractivity contribution is -0.135. The number of aliphatic hydroxyl groups is 1. The number of hydrogen-bond donors (Lipinski definition) is 3. The van der Waals surface area contributed by atoms with Gasteiger partial charge in [-0.15, -0.1) is 11.3 Å². The molecule has 0 saturated carbocycles. The predicted octanol–water partition coefficient (Wildman–Crippen LogP) is 3.06. The van der Waals surface area contributed by atoms with E-state index < -0.39 is 12.1 Å². The molecule has 2 aromatic rings. The number of benzene rings is 1. The zero-order chi connectivity index (χ0) is 22.1. The molecule has 0 bridgehead atoms. The van der Waals surface area contributed by atoms with Gasteiger partial charge in [-0.1, -0.05) is 51.6 Å². The van der Waals surface area contributed by atoms with Crippen LogP contribution in [0.15, 0.2) is 42.1 Å². The Kier molecular flexibility index (Phi) is 6.65. The molecule has 0 aliphatic carbocycles. The average Bonchev–Trinajstić information content (AvgIpc) is 3.30. The smallest absolute Gasteiger partial charge is 0.240 e. The highest BCUT2D eigenvalue weighted by atomic mass is 32.1. The summed E-state index contributed by atoms with van der Waals surface area (Å²) in [6.07, 6.45) is -0.0931. The molecule has 1 aliphatic rings. The Labute approximate surface area is 182 Å². The van der Waals surface area contributed by atoms with Crippen molar-refractivity contribution in [3.05, 3.63) is 53.3 Å². The highest BCUT2D eigenvalue weighted by molar-refractivity contribution is 7.13. The Morgan fingerprint density at radius 2 is 2.07 bits per heavy atom. The van der Waals surface area contributed by atoms with Crippen LogP contribution >= 0.6 is 11.3 Å². The van der Waals surface area contributed by atoms with Crippen molar-refractivity contribution in [3.63, 3.8) is 0 Å². The van der Waals surface area contributed by atoms with Gasteiger partial charge in [-0.25, -0.2) is 4.98 Å². The van der Waals surface area contributed by atoms with Crippen molar-refractivity contribution in [2.24, 2.45) is 11.1 Å². The summed E-state index contributed by atoms with van der Waals surface area (Å²) in [6, 6.07) is 7.46. The minimum absolute atomic E-state index is 0.142. The summed E-state index contributed by atoms with van der Waals surface area (Å²) in [5.74, 6) is -0.142. The SMILES string of the molecule is C=C(NCc1ccc(-c2scnc2C)cc1)C1CC(O)CN1C(=O)C(N)C(C)(C)C. The second-order valence-corrected chi connectivity index (χ2v) is 9.94. The molecule has 1 aromatic heterocycles. The Bertz CT molecular complexity index is 901. The van der Waals surface area contributed by atoms with Crippen LogP contribution in [0.25, 0.3) is 10.4 Å². The highest BCUT2D eigenvalue weighted by Gasteiger charge is 2.40. The van der Waals surface area contributed by atoms with Gasteiger partial charge in [-0.2, -0.15) is 0 Å². The van der Waals surface area contributed by atoms with Gasteiger partial charge < -0.3 is 21.1 Å². The summed E-state index contributed by atoms with van der Waals surface area (Å²) in [5, 5.41) is 13.5. The molecule has 3 atom stereocenters. The standard InChI is InChI=1S/C23H32N4O2S/c1-14(19-10-18(28)12-27(19)22(29)21(24)23(3,4)5)25-11-16-6-8-17(9-7-16)20-15(2)26-13-30-20/h6-9,13,18-19,21,25,28H,1,10-12,24H2,2-5H3. The Hall–Kier alpha value is -2.22. The molecular formula is C23H32N4O2S. The maximum absolute atomic E-state index is 12.9. The molecule has 0 radical (unpaired) electrons. The monoisotopic (exact) mass is 428 g/mol. The molecule has 1 saturated heterocycles. The molecule has 2 heterocycles. The zero-order valence-corrected chi connectivity index (χ0v) is 19.0. The van der Waals surface area contributed by atoms with Crippen molar-refractivity contribution in [1.82, 2.24) is 15.2 Å². The first kappa shape index (κ1) is 22.5. The molecule has 162 valence electrons. The third-order valence-corrected chi connectivity index (χ3v) is 6.62. The molecule has 1 amide bonds. The number of carbonyl (C=O) groups is 1. The van der Waals surface area contributed by atoms with Crippen molar-refractivity contribution in [2.45, 2.75) is 58.8 Å². The second-order valence-electron chi connectivity index (χ2n) is 9.08. The molecule has 30 heavy (non-hydrogen) atoms. The summed E-state index contributed by atoms with van der Waals surface area (Å²) < 4.78 is 0. The minimum atomic E-state index is -0.624. The molecule has 3 unspecified atom stereocenters. The predicted molar refractivity (Wildman–Crippen MR) is 122 cm³/mol. The summed E-state index contributed by atoms with van der Waals surface area (Å²) in [4.78, 5) is 20.1. The van der Waals surface area contributed by atoms with Gasteiger partial charge in [0.05, 0.1) is 34.3 Å². The molecular weight excluding hydrogens is 396 g/mol. The van der Waals surface area contributed by atoms with E-state index in [4.69, 9.17) is 5.73 Å². The number of aryl methyl sites for hydroxylation is 1. The van der Waals surface area contributed by atoms with Gasteiger partial charge >= 0.3 is 0 Å². The van der Waals surface area contributed by atoms with E-state index in [1.54, 1.807) is 16.2 Å². The maximum Gasteiger partial charge on any atom is 0.240 e. The number of β-amino-alcohol motifs (C(OH)–C–C–N with tert-alkyl or cyclic N) is 1. The van der Waals surface area contributed by atoms with Crippen LogP contribution in [0, 0.1) is 12.3 Å². The summed E-state index contributed by atoms with van der Waals surface area (Å²) >= 11 is 1.64. The van der Waals surface area contributed by atoms with Crippen LogP contribution in [0.2, 0.25) is 0 Å².